The van der Waals surface area contributed by atoms with Crippen molar-refractivity contribution in [3.05, 3.63) is 42.0 Å². The maximum atomic E-state index is 12.1. The van der Waals surface area contributed by atoms with Crippen LogP contribution in [0.4, 0.5) is 5.69 Å². The van der Waals surface area contributed by atoms with Crippen molar-refractivity contribution in [1.82, 2.24) is 0 Å². The molecule has 0 aliphatic carbocycles. The summed E-state index contributed by atoms with van der Waals surface area (Å²) < 4.78 is 5.19. The van der Waals surface area contributed by atoms with Crippen molar-refractivity contribution in [1.29, 1.82) is 0 Å². The minimum atomic E-state index is -0.377. The highest BCUT2D eigenvalue weighted by Crippen LogP contribution is 2.25. The van der Waals surface area contributed by atoms with Gasteiger partial charge in [0.15, 0.2) is 0 Å². The maximum absolute atomic E-state index is 12.1. The molecule has 0 fully saturated rings. The van der Waals surface area contributed by atoms with Gasteiger partial charge in [0.25, 0.3) is 0 Å². The first-order chi connectivity index (χ1) is 10.5. The highest BCUT2D eigenvalue weighted by atomic mass is 16.5. The van der Waals surface area contributed by atoms with E-state index in [1.807, 2.05) is 43.3 Å². The van der Waals surface area contributed by atoms with Crippen molar-refractivity contribution >= 4 is 28.2 Å². The molecule has 0 aliphatic heterocycles. The topological polar surface area (TPSA) is 55.4 Å². The fourth-order valence-corrected chi connectivity index (χ4v) is 2.53. The van der Waals surface area contributed by atoms with Gasteiger partial charge in [0.1, 0.15) is 5.78 Å². The zero-order valence-electron chi connectivity index (χ0n) is 13.2. The van der Waals surface area contributed by atoms with E-state index in [4.69, 9.17) is 4.74 Å². The zero-order valence-corrected chi connectivity index (χ0v) is 13.2. The maximum Gasteiger partial charge on any atom is 0.227 e. The van der Waals surface area contributed by atoms with E-state index in [-0.39, 0.29) is 30.6 Å². The Morgan fingerprint density at radius 2 is 1.86 bits per heavy atom. The molecule has 1 amide bonds. The number of hydrogen-bond acceptors (Lipinski definition) is 3. The van der Waals surface area contributed by atoms with Crippen molar-refractivity contribution in [2.75, 3.05) is 12.4 Å². The summed E-state index contributed by atoms with van der Waals surface area (Å²) in [4.78, 5) is 23.3. The molecule has 2 aromatic rings. The van der Waals surface area contributed by atoms with Gasteiger partial charge in [-0.15, -0.1) is 0 Å². The summed E-state index contributed by atoms with van der Waals surface area (Å²) in [5.74, 6) is -0.131. The largest absolute Gasteiger partial charge is 0.380 e. The normalized spacial score (nSPS) is 12.1. The first-order valence-corrected chi connectivity index (χ1v) is 7.31. The molecule has 0 heterocycles. The Labute approximate surface area is 130 Å². The smallest absolute Gasteiger partial charge is 0.227 e. The van der Waals surface area contributed by atoms with Crippen molar-refractivity contribution in [3.8, 4) is 0 Å². The summed E-state index contributed by atoms with van der Waals surface area (Å²) in [6.07, 6.45) is 0.0430. The number of benzene rings is 2. The predicted octanol–water partition coefficient (Wildman–Crippen LogP) is 3.47. The minimum absolute atomic E-state index is 0.0153. The van der Waals surface area contributed by atoms with Crippen LogP contribution >= 0.6 is 0 Å². The summed E-state index contributed by atoms with van der Waals surface area (Å²) >= 11 is 0. The molecule has 1 atom stereocenters. The summed E-state index contributed by atoms with van der Waals surface area (Å²) in [5, 5.41) is 5.17. The second-order valence-electron chi connectivity index (χ2n) is 5.48. The van der Waals surface area contributed by atoms with Crippen LogP contribution in [0.2, 0.25) is 0 Å². The molecule has 1 N–H and O–H groups in total. The molecule has 0 bridgehead atoms. The second kappa shape index (κ2) is 7.18. The van der Waals surface area contributed by atoms with Gasteiger partial charge >= 0.3 is 0 Å². The number of fused-ring (bicyclic) bond motifs is 1. The fourth-order valence-electron chi connectivity index (χ4n) is 2.53. The summed E-state index contributed by atoms with van der Waals surface area (Å²) in [5.41, 5.74) is 1.83. The van der Waals surface area contributed by atoms with Crippen LogP contribution < -0.4 is 5.32 Å². The molecule has 0 radical (unpaired) electrons. The van der Waals surface area contributed by atoms with E-state index in [0.717, 1.165) is 22.0 Å². The van der Waals surface area contributed by atoms with Gasteiger partial charge in [-0.05, 0) is 36.2 Å². The number of anilines is 1. The van der Waals surface area contributed by atoms with Crippen LogP contribution in [-0.4, -0.2) is 24.9 Å². The number of ether oxygens (including phenoxy) is 1. The molecule has 116 valence electrons. The van der Waals surface area contributed by atoms with Crippen LogP contribution in [-0.2, 0) is 14.3 Å². The Hall–Kier alpha value is -2.20. The van der Waals surface area contributed by atoms with E-state index in [1.54, 1.807) is 0 Å². The van der Waals surface area contributed by atoms with Gasteiger partial charge in [0.05, 0.1) is 12.5 Å². The summed E-state index contributed by atoms with van der Waals surface area (Å²) in [6.45, 7) is 3.48. The van der Waals surface area contributed by atoms with E-state index in [0.29, 0.717) is 0 Å². The van der Waals surface area contributed by atoms with Crippen LogP contribution in [0.25, 0.3) is 10.8 Å². The Balaban J connectivity index is 2.11. The molecule has 0 saturated carbocycles. The van der Waals surface area contributed by atoms with Crippen molar-refractivity contribution in [2.24, 2.45) is 0 Å². The highest BCUT2D eigenvalue weighted by molar-refractivity contribution is 5.97. The van der Waals surface area contributed by atoms with E-state index >= 15 is 0 Å². The molecule has 2 rings (SSSR count). The van der Waals surface area contributed by atoms with Crippen LogP contribution in [0.15, 0.2) is 36.4 Å². The Morgan fingerprint density at radius 3 is 2.55 bits per heavy atom. The zero-order chi connectivity index (χ0) is 16.1. The second-order valence-corrected chi connectivity index (χ2v) is 5.48. The number of amides is 1. The van der Waals surface area contributed by atoms with E-state index in [2.05, 4.69) is 5.32 Å². The lowest BCUT2D eigenvalue weighted by Crippen LogP contribution is -2.23. The lowest BCUT2D eigenvalue weighted by Gasteiger charge is -2.15. The summed E-state index contributed by atoms with van der Waals surface area (Å²) in [6, 6.07) is 11.9. The first-order valence-electron chi connectivity index (χ1n) is 7.31. The van der Waals surface area contributed by atoms with Crippen LogP contribution in [0, 0.1) is 6.92 Å². The Bertz CT molecular complexity index is 694. The molecule has 0 aromatic heterocycles. The quantitative estimate of drug-likeness (QED) is 0.888. The molecule has 22 heavy (non-hydrogen) atoms. The van der Waals surface area contributed by atoms with Gasteiger partial charge in [-0.25, -0.2) is 0 Å². The van der Waals surface area contributed by atoms with Crippen LogP contribution in [0.3, 0.4) is 0 Å². The number of Topliss-reactive ketones (excluding diaryl/α,β-unsaturated/α-hetero) is 1. The third kappa shape index (κ3) is 3.92. The number of aryl methyl sites for hydroxylation is 1. The monoisotopic (exact) mass is 299 g/mol. The minimum Gasteiger partial charge on any atom is -0.380 e. The Morgan fingerprint density at radius 1 is 1.14 bits per heavy atom. The van der Waals surface area contributed by atoms with E-state index in [9.17, 15) is 9.59 Å². The number of methoxy groups -OCH3 is 1. The molecule has 4 nitrogen and oxygen atoms in total. The lowest BCUT2D eigenvalue weighted by atomic mass is 10.0. The third-order valence-corrected chi connectivity index (χ3v) is 3.73. The number of ketones is 1. The molecule has 1 unspecified atom stereocenters. The predicted molar refractivity (Wildman–Crippen MR) is 88.0 cm³/mol. The lowest BCUT2D eigenvalue weighted by molar-refractivity contribution is -0.122. The van der Waals surface area contributed by atoms with Crippen molar-refractivity contribution in [3.63, 3.8) is 0 Å². The molecular weight excluding hydrogens is 278 g/mol. The number of carbonyl (C=O) groups is 2. The highest BCUT2D eigenvalue weighted by Gasteiger charge is 2.16. The molecule has 2 aromatic carbocycles. The number of rotatable bonds is 6. The van der Waals surface area contributed by atoms with Gasteiger partial charge < -0.3 is 10.1 Å². The molecule has 0 aliphatic rings. The number of hydrogen-bond donors (Lipinski definition) is 1. The SMILES string of the molecule is COC(CC(C)=O)CC(=O)Nc1ccc2ccccc2c1C. The average Bonchev–Trinajstić information content (AvgIpc) is 2.49. The third-order valence-electron chi connectivity index (χ3n) is 3.73. The summed E-state index contributed by atoms with van der Waals surface area (Å²) in [7, 11) is 1.52. The molecule has 0 saturated heterocycles. The number of nitrogens with one attached hydrogen (secondary N) is 1. The molecular formula is C18H21NO3. The van der Waals surface area contributed by atoms with Gasteiger partial charge in [-0.1, -0.05) is 30.3 Å². The van der Waals surface area contributed by atoms with E-state index < -0.39 is 0 Å². The van der Waals surface area contributed by atoms with Crippen molar-refractivity contribution in [2.45, 2.75) is 32.8 Å². The fraction of sp³-hybridized carbons (Fsp3) is 0.333. The standard InChI is InChI=1S/C18H21NO3/c1-12(20)10-15(22-3)11-18(21)19-17-9-8-14-6-4-5-7-16(14)13(17)2/h4-9,15H,10-11H2,1-3H3,(H,19,21). The molecule has 4 heteroatoms. The van der Waals surface area contributed by atoms with Gasteiger partial charge in [0.2, 0.25) is 5.91 Å². The Kier molecular flexibility index (Phi) is 5.28. The van der Waals surface area contributed by atoms with Crippen LogP contribution in [0.1, 0.15) is 25.3 Å². The number of carbonyl (C=O) groups excluding carboxylic acids is 2. The first kappa shape index (κ1) is 16.2. The van der Waals surface area contributed by atoms with Gasteiger partial charge in [0, 0.05) is 19.2 Å². The van der Waals surface area contributed by atoms with Gasteiger partial charge in [-0.3, -0.25) is 9.59 Å². The van der Waals surface area contributed by atoms with Gasteiger partial charge in [-0.2, -0.15) is 0 Å². The average molecular weight is 299 g/mol. The van der Waals surface area contributed by atoms with Crippen LogP contribution in [0.5, 0.6) is 0 Å². The van der Waals surface area contributed by atoms with E-state index in [1.165, 1.54) is 14.0 Å². The van der Waals surface area contributed by atoms with Crippen molar-refractivity contribution < 1.29 is 14.3 Å². The molecule has 0 spiro atoms.